The Morgan fingerprint density at radius 3 is 2.78 bits per heavy atom. The summed E-state index contributed by atoms with van der Waals surface area (Å²) in [5, 5.41) is 11.2. The van der Waals surface area contributed by atoms with Crippen molar-refractivity contribution < 1.29 is 14.5 Å². The quantitative estimate of drug-likeness (QED) is 0.467. The molecule has 7 nitrogen and oxygen atoms in total. The van der Waals surface area contributed by atoms with Gasteiger partial charge in [-0.2, -0.15) is 0 Å². The number of ether oxygens (including phenoxy) is 1. The van der Waals surface area contributed by atoms with E-state index in [2.05, 4.69) is 20.9 Å². The fourth-order valence-corrected chi connectivity index (χ4v) is 1.83. The average Bonchev–Trinajstić information content (AvgIpc) is 2.83. The summed E-state index contributed by atoms with van der Waals surface area (Å²) < 4.78 is 4.92. The fraction of sp³-hybridized carbons (Fsp3) is 0.500. The number of H-pyrrole nitrogens is 1. The molecule has 0 aliphatic rings. The lowest BCUT2D eigenvalue weighted by Gasteiger charge is -2.19. The van der Waals surface area contributed by atoms with E-state index >= 15 is 0 Å². The zero-order valence-corrected chi connectivity index (χ0v) is 11.5. The van der Waals surface area contributed by atoms with Crippen LogP contribution in [0.4, 0.5) is 5.82 Å². The Hall–Kier alpha value is -1.41. The number of halogens is 1. The first-order chi connectivity index (χ1) is 8.60. The number of nitrogens with zero attached hydrogens (tertiary/aromatic N) is 2. The maximum atomic E-state index is 12.1. The second kappa shape index (κ2) is 7.12. The molecule has 0 radical (unpaired) electrons. The van der Waals surface area contributed by atoms with Gasteiger partial charge in [-0.1, -0.05) is 15.9 Å². The number of carbonyl (C=O) groups is 1. The van der Waals surface area contributed by atoms with Crippen LogP contribution >= 0.6 is 15.9 Å². The van der Waals surface area contributed by atoms with E-state index in [-0.39, 0.29) is 17.4 Å². The predicted molar refractivity (Wildman–Crippen MR) is 69.0 cm³/mol. The van der Waals surface area contributed by atoms with E-state index < -0.39 is 4.92 Å². The minimum atomic E-state index is -0.569. The monoisotopic (exact) mass is 319 g/mol. The minimum Gasteiger partial charge on any atom is -0.383 e. The third kappa shape index (κ3) is 3.81. The highest BCUT2D eigenvalue weighted by Crippen LogP contribution is 2.12. The summed E-state index contributed by atoms with van der Waals surface area (Å²) in [7, 11) is 1.55. The van der Waals surface area contributed by atoms with E-state index in [9.17, 15) is 14.9 Å². The maximum Gasteiger partial charge on any atom is 0.321 e. The van der Waals surface area contributed by atoms with E-state index in [1.54, 1.807) is 12.0 Å². The molecule has 0 atom stereocenters. The molecule has 0 saturated carbocycles. The van der Waals surface area contributed by atoms with Gasteiger partial charge in [-0.05, 0) is 11.0 Å². The van der Waals surface area contributed by atoms with Crippen molar-refractivity contribution in [3.8, 4) is 0 Å². The lowest BCUT2D eigenvalue weighted by Crippen LogP contribution is -2.35. The highest BCUT2D eigenvalue weighted by atomic mass is 79.9. The Kier molecular flexibility index (Phi) is 5.79. The average molecular weight is 320 g/mol. The number of hydrogen-bond acceptors (Lipinski definition) is 4. The minimum absolute atomic E-state index is 0.191. The number of alkyl halides is 1. The zero-order valence-electron chi connectivity index (χ0n) is 9.89. The van der Waals surface area contributed by atoms with Crippen LogP contribution in [-0.4, -0.2) is 52.9 Å². The molecule has 18 heavy (non-hydrogen) atoms. The van der Waals surface area contributed by atoms with Crippen LogP contribution in [0.5, 0.6) is 0 Å². The Labute approximate surface area is 112 Å². The lowest BCUT2D eigenvalue weighted by atomic mass is 10.3. The molecular formula is C10H14BrN3O4. The Bertz CT molecular complexity index is 421. The van der Waals surface area contributed by atoms with Crippen molar-refractivity contribution in [1.82, 2.24) is 9.88 Å². The van der Waals surface area contributed by atoms with Gasteiger partial charge in [0.2, 0.25) is 0 Å². The first-order valence-corrected chi connectivity index (χ1v) is 6.40. The van der Waals surface area contributed by atoms with E-state index in [1.165, 1.54) is 12.1 Å². The van der Waals surface area contributed by atoms with Crippen molar-refractivity contribution in [2.24, 2.45) is 0 Å². The van der Waals surface area contributed by atoms with Crippen molar-refractivity contribution in [2.75, 3.05) is 32.1 Å². The molecule has 0 bridgehead atoms. The largest absolute Gasteiger partial charge is 0.383 e. The van der Waals surface area contributed by atoms with Gasteiger partial charge in [-0.15, -0.1) is 0 Å². The summed E-state index contributed by atoms with van der Waals surface area (Å²) in [6.07, 6.45) is 0. The third-order valence-electron chi connectivity index (χ3n) is 2.30. The van der Waals surface area contributed by atoms with Crippen LogP contribution in [-0.2, 0) is 4.74 Å². The predicted octanol–water partition coefficient (Wildman–Crippen LogP) is 1.41. The standard InChI is InChI=1S/C10H14BrN3O4/c1-18-7-6-13(5-4-11)10(15)8-2-3-9(12-8)14(16)17/h2-3,12H,4-7H2,1H3. The van der Waals surface area contributed by atoms with E-state index in [1.807, 2.05) is 0 Å². The summed E-state index contributed by atoms with van der Waals surface area (Å²) in [6.45, 7) is 1.37. The van der Waals surface area contributed by atoms with Crippen molar-refractivity contribution in [1.29, 1.82) is 0 Å². The van der Waals surface area contributed by atoms with Crippen molar-refractivity contribution in [3.63, 3.8) is 0 Å². The molecule has 100 valence electrons. The van der Waals surface area contributed by atoms with Crippen molar-refractivity contribution in [3.05, 3.63) is 27.9 Å². The normalized spacial score (nSPS) is 10.3. The number of aromatic amines is 1. The second-order valence-corrected chi connectivity index (χ2v) is 4.28. The lowest BCUT2D eigenvalue weighted by molar-refractivity contribution is -0.389. The number of hydrogen-bond donors (Lipinski definition) is 1. The summed E-state index contributed by atoms with van der Waals surface area (Å²) >= 11 is 3.26. The first-order valence-electron chi connectivity index (χ1n) is 5.27. The van der Waals surface area contributed by atoms with Gasteiger partial charge in [0.15, 0.2) is 5.69 Å². The highest BCUT2D eigenvalue weighted by molar-refractivity contribution is 9.09. The first kappa shape index (κ1) is 14.7. The zero-order chi connectivity index (χ0) is 13.5. The van der Waals surface area contributed by atoms with Gasteiger partial charge in [-0.3, -0.25) is 4.79 Å². The number of amides is 1. The van der Waals surface area contributed by atoms with Crippen molar-refractivity contribution in [2.45, 2.75) is 0 Å². The molecule has 1 aromatic rings. The Balaban J connectivity index is 2.77. The van der Waals surface area contributed by atoms with Crippen LogP contribution in [0, 0.1) is 10.1 Å². The molecule has 0 spiro atoms. The summed E-state index contributed by atoms with van der Waals surface area (Å²) in [5.74, 6) is -0.469. The molecule has 1 rings (SSSR count). The maximum absolute atomic E-state index is 12.1. The molecule has 0 fully saturated rings. The molecule has 1 heterocycles. The Morgan fingerprint density at radius 2 is 2.28 bits per heavy atom. The smallest absolute Gasteiger partial charge is 0.321 e. The summed E-state index contributed by atoms with van der Waals surface area (Å²) in [5.41, 5.74) is 0.207. The van der Waals surface area contributed by atoms with Gasteiger partial charge in [0.1, 0.15) is 0 Å². The fourth-order valence-electron chi connectivity index (χ4n) is 1.40. The van der Waals surface area contributed by atoms with E-state index in [4.69, 9.17) is 4.74 Å². The topological polar surface area (TPSA) is 88.5 Å². The molecule has 1 N–H and O–H groups in total. The highest BCUT2D eigenvalue weighted by Gasteiger charge is 2.20. The third-order valence-corrected chi connectivity index (χ3v) is 2.66. The number of carbonyl (C=O) groups excluding carboxylic acids is 1. The van der Waals surface area contributed by atoms with Gasteiger partial charge in [-0.25, -0.2) is 4.98 Å². The van der Waals surface area contributed by atoms with E-state index in [0.29, 0.717) is 25.0 Å². The van der Waals surface area contributed by atoms with Gasteiger partial charge in [0.05, 0.1) is 6.61 Å². The SMILES string of the molecule is COCCN(CCBr)C(=O)c1ccc([N+](=O)[O-])[nH]1. The molecule has 8 heteroatoms. The number of aromatic nitrogens is 1. The number of methoxy groups -OCH3 is 1. The van der Waals surface area contributed by atoms with Crippen LogP contribution < -0.4 is 0 Å². The number of nitrogens with one attached hydrogen (secondary N) is 1. The molecule has 0 unspecified atom stereocenters. The van der Waals surface area contributed by atoms with Gasteiger partial charge < -0.3 is 19.8 Å². The van der Waals surface area contributed by atoms with Gasteiger partial charge in [0.25, 0.3) is 5.91 Å². The molecule has 1 amide bonds. The number of nitro groups is 1. The summed E-state index contributed by atoms with van der Waals surface area (Å²) in [4.78, 5) is 26.1. The molecular weight excluding hydrogens is 306 g/mol. The van der Waals surface area contributed by atoms with Crippen LogP contribution in [0.1, 0.15) is 10.5 Å². The molecule has 0 aromatic carbocycles. The van der Waals surface area contributed by atoms with E-state index in [0.717, 1.165) is 0 Å². The van der Waals surface area contributed by atoms with Crippen LogP contribution in [0.3, 0.4) is 0 Å². The van der Waals surface area contributed by atoms with Crippen LogP contribution in [0.25, 0.3) is 0 Å². The summed E-state index contributed by atoms with van der Waals surface area (Å²) in [6, 6.07) is 2.68. The molecule has 1 aromatic heterocycles. The molecule has 0 aliphatic carbocycles. The van der Waals surface area contributed by atoms with Crippen LogP contribution in [0.2, 0.25) is 0 Å². The van der Waals surface area contributed by atoms with Gasteiger partial charge in [0, 0.05) is 31.6 Å². The second-order valence-electron chi connectivity index (χ2n) is 3.49. The van der Waals surface area contributed by atoms with Crippen LogP contribution in [0.15, 0.2) is 12.1 Å². The van der Waals surface area contributed by atoms with Gasteiger partial charge >= 0.3 is 5.82 Å². The van der Waals surface area contributed by atoms with Crippen molar-refractivity contribution >= 4 is 27.7 Å². The molecule has 0 saturated heterocycles. The molecule has 0 aliphatic heterocycles. The Morgan fingerprint density at radius 1 is 1.56 bits per heavy atom. The number of rotatable bonds is 7.